The molecule has 2 N–H and O–H groups in total. The Morgan fingerprint density at radius 2 is 1.96 bits per heavy atom. The van der Waals surface area contributed by atoms with E-state index in [1.807, 2.05) is 12.3 Å². The Bertz CT molecular complexity index is 582. The fourth-order valence-electron chi connectivity index (χ4n) is 3.63. The third kappa shape index (κ3) is 6.36. The van der Waals surface area contributed by atoms with E-state index in [0.717, 1.165) is 63.3 Å². The van der Waals surface area contributed by atoms with Crippen LogP contribution in [0.4, 0.5) is 5.82 Å². The molecule has 2 fully saturated rings. The van der Waals surface area contributed by atoms with Crippen molar-refractivity contribution >= 4 is 11.8 Å². The number of likely N-dealkylation sites (tertiary alicyclic amines) is 1. The smallest absolute Gasteiger partial charge is 0.191 e. The number of ether oxygens (including phenoxy) is 1. The molecule has 0 aliphatic carbocycles. The summed E-state index contributed by atoms with van der Waals surface area (Å²) in [5, 5.41) is 6.84. The van der Waals surface area contributed by atoms with Crippen molar-refractivity contribution in [1.82, 2.24) is 20.5 Å². The molecule has 3 rings (SSSR count). The molecule has 0 radical (unpaired) electrons. The van der Waals surface area contributed by atoms with Gasteiger partial charge in [-0.2, -0.15) is 0 Å². The van der Waals surface area contributed by atoms with Gasteiger partial charge in [-0.05, 0) is 38.9 Å². The zero-order valence-electron chi connectivity index (χ0n) is 16.6. The number of piperidine rings is 1. The fourth-order valence-corrected chi connectivity index (χ4v) is 3.63. The number of anilines is 1. The number of nitrogens with zero attached hydrogens (tertiary/aromatic N) is 4. The summed E-state index contributed by atoms with van der Waals surface area (Å²) >= 11 is 0. The molecule has 0 aromatic carbocycles. The third-order valence-electron chi connectivity index (χ3n) is 5.10. The molecule has 0 bridgehead atoms. The number of morpholine rings is 1. The summed E-state index contributed by atoms with van der Waals surface area (Å²) in [7, 11) is 0. The number of hydrogen-bond acceptors (Lipinski definition) is 5. The van der Waals surface area contributed by atoms with Crippen LogP contribution in [0.2, 0.25) is 0 Å². The van der Waals surface area contributed by atoms with Crippen LogP contribution < -0.4 is 15.5 Å². The van der Waals surface area contributed by atoms with Gasteiger partial charge < -0.3 is 25.2 Å². The van der Waals surface area contributed by atoms with E-state index >= 15 is 0 Å². The van der Waals surface area contributed by atoms with E-state index in [4.69, 9.17) is 9.73 Å². The first-order valence-electron chi connectivity index (χ1n) is 10.4. The maximum Gasteiger partial charge on any atom is 0.191 e. The van der Waals surface area contributed by atoms with Crippen molar-refractivity contribution in [3.8, 4) is 0 Å². The molecule has 0 amide bonds. The quantitative estimate of drug-likeness (QED) is 0.556. The molecule has 7 nitrogen and oxygen atoms in total. The molecule has 0 unspecified atom stereocenters. The van der Waals surface area contributed by atoms with Crippen molar-refractivity contribution in [2.45, 2.75) is 32.7 Å². The van der Waals surface area contributed by atoms with E-state index in [1.165, 1.54) is 32.4 Å². The predicted molar refractivity (Wildman–Crippen MR) is 110 cm³/mol. The van der Waals surface area contributed by atoms with E-state index in [2.05, 4.69) is 38.4 Å². The summed E-state index contributed by atoms with van der Waals surface area (Å²) in [5.41, 5.74) is 1.16. The summed E-state index contributed by atoms with van der Waals surface area (Å²) in [6, 6.07) is 4.12. The van der Waals surface area contributed by atoms with Crippen LogP contribution in [0.15, 0.2) is 23.3 Å². The minimum Gasteiger partial charge on any atom is -0.378 e. The van der Waals surface area contributed by atoms with Gasteiger partial charge in [0, 0.05) is 44.5 Å². The number of aliphatic imine (C=N–C) groups is 1. The van der Waals surface area contributed by atoms with E-state index in [0.29, 0.717) is 6.54 Å². The van der Waals surface area contributed by atoms with Crippen LogP contribution in [0.5, 0.6) is 0 Å². The second-order valence-corrected chi connectivity index (χ2v) is 7.11. The van der Waals surface area contributed by atoms with Gasteiger partial charge in [0.05, 0.1) is 19.8 Å². The van der Waals surface area contributed by atoms with Crippen LogP contribution >= 0.6 is 0 Å². The Morgan fingerprint density at radius 3 is 2.74 bits per heavy atom. The summed E-state index contributed by atoms with van der Waals surface area (Å²) in [6.07, 6.45) is 5.91. The Labute approximate surface area is 163 Å². The standard InChI is InChI=1S/C20H34N6O/c1-2-21-20(23-9-12-25-10-4-3-5-11-25)24-17-18-7-6-8-22-19(18)26-13-15-27-16-14-26/h6-8H,2-5,9-17H2,1H3,(H2,21,23,24). The molecule has 1 aromatic heterocycles. The largest absolute Gasteiger partial charge is 0.378 e. The van der Waals surface area contributed by atoms with Gasteiger partial charge in [0.15, 0.2) is 5.96 Å². The lowest BCUT2D eigenvalue weighted by molar-refractivity contribution is 0.122. The Hall–Kier alpha value is -1.86. The SMILES string of the molecule is CCNC(=NCc1cccnc1N1CCOCC1)NCCN1CCCCC1. The number of hydrogen-bond donors (Lipinski definition) is 2. The summed E-state index contributed by atoms with van der Waals surface area (Å²) in [5.74, 6) is 1.92. The highest BCUT2D eigenvalue weighted by molar-refractivity contribution is 5.79. The van der Waals surface area contributed by atoms with Crippen molar-refractivity contribution in [2.75, 3.05) is 63.9 Å². The summed E-state index contributed by atoms with van der Waals surface area (Å²) in [6.45, 7) is 11.4. The minimum atomic E-state index is 0.625. The molecule has 7 heteroatoms. The minimum absolute atomic E-state index is 0.625. The average molecular weight is 375 g/mol. The van der Waals surface area contributed by atoms with Gasteiger partial charge in [0.25, 0.3) is 0 Å². The lowest BCUT2D eigenvalue weighted by Gasteiger charge is -2.29. The zero-order valence-corrected chi connectivity index (χ0v) is 16.6. The number of guanidine groups is 1. The highest BCUT2D eigenvalue weighted by Gasteiger charge is 2.15. The van der Waals surface area contributed by atoms with Crippen molar-refractivity contribution in [3.05, 3.63) is 23.9 Å². The van der Waals surface area contributed by atoms with Gasteiger partial charge in [-0.1, -0.05) is 12.5 Å². The monoisotopic (exact) mass is 374 g/mol. The van der Waals surface area contributed by atoms with E-state index < -0.39 is 0 Å². The maximum atomic E-state index is 5.46. The van der Waals surface area contributed by atoms with E-state index in [-0.39, 0.29) is 0 Å². The van der Waals surface area contributed by atoms with Crippen LogP contribution in [-0.2, 0) is 11.3 Å². The normalized spacial score (nSPS) is 19.1. The van der Waals surface area contributed by atoms with Crippen molar-refractivity contribution < 1.29 is 4.74 Å². The Morgan fingerprint density at radius 1 is 1.15 bits per heavy atom. The van der Waals surface area contributed by atoms with Gasteiger partial charge in [-0.3, -0.25) is 0 Å². The predicted octanol–water partition coefficient (Wildman–Crippen LogP) is 1.46. The molecular formula is C20H34N6O. The molecule has 0 spiro atoms. The lowest BCUT2D eigenvalue weighted by atomic mass is 10.1. The topological polar surface area (TPSA) is 65.0 Å². The van der Waals surface area contributed by atoms with E-state index in [1.54, 1.807) is 0 Å². The van der Waals surface area contributed by atoms with Gasteiger partial charge in [-0.15, -0.1) is 0 Å². The third-order valence-corrected chi connectivity index (χ3v) is 5.10. The number of aromatic nitrogens is 1. The van der Waals surface area contributed by atoms with Crippen molar-refractivity contribution in [3.63, 3.8) is 0 Å². The average Bonchev–Trinajstić information content (AvgIpc) is 2.74. The van der Waals surface area contributed by atoms with Crippen LogP contribution in [0.1, 0.15) is 31.7 Å². The van der Waals surface area contributed by atoms with Crippen LogP contribution in [0, 0.1) is 0 Å². The molecule has 2 saturated heterocycles. The first kappa shape index (κ1) is 19.9. The molecule has 1 aromatic rings. The maximum absolute atomic E-state index is 5.46. The Balaban J connectivity index is 1.56. The molecule has 150 valence electrons. The highest BCUT2D eigenvalue weighted by atomic mass is 16.5. The molecule has 2 aliphatic rings. The van der Waals surface area contributed by atoms with Gasteiger partial charge in [0.1, 0.15) is 5.82 Å². The first-order chi connectivity index (χ1) is 13.4. The molecular weight excluding hydrogens is 340 g/mol. The van der Waals surface area contributed by atoms with Crippen molar-refractivity contribution in [2.24, 2.45) is 4.99 Å². The lowest BCUT2D eigenvalue weighted by Crippen LogP contribution is -2.42. The van der Waals surface area contributed by atoms with E-state index in [9.17, 15) is 0 Å². The van der Waals surface area contributed by atoms with Crippen LogP contribution in [0.3, 0.4) is 0 Å². The zero-order chi connectivity index (χ0) is 18.7. The molecule has 2 aliphatic heterocycles. The fraction of sp³-hybridized carbons (Fsp3) is 0.700. The van der Waals surface area contributed by atoms with Crippen molar-refractivity contribution in [1.29, 1.82) is 0 Å². The number of nitrogens with one attached hydrogen (secondary N) is 2. The molecule has 0 saturated carbocycles. The van der Waals surface area contributed by atoms with Crippen LogP contribution in [0.25, 0.3) is 0 Å². The Kier molecular flexibility index (Phi) is 8.17. The number of rotatable bonds is 7. The van der Waals surface area contributed by atoms with Gasteiger partial charge >= 0.3 is 0 Å². The molecule has 3 heterocycles. The first-order valence-corrected chi connectivity index (χ1v) is 10.4. The van der Waals surface area contributed by atoms with Crippen LogP contribution in [-0.4, -0.2) is 74.9 Å². The highest BCUT2D eigenvalue weighted by Crippen LogP contribution is 2.19. The summed E-state index contributed by atoms with van der Waals surface area (Å²) in [4.78, 5) is 14.2. The van der Waals surface area contributed by atoms with Gasteiger partial charge in [-0.25, -0.2) is 9.98 Å². The molecule has 27 heavy (non-hydrogen) atoms. The summed E-state index contributed by atoms with van der Waals surface area (Å²) < 4.78 is 5.46. The second kappa shape index (κ2) is 11.1. The number of pyridine rings is 1. The van der Waals surface area contributed by atoms with Gasteiger partial charge in [0.2, 0.25) is 0 Å². The second-order valence-electron chi connectivity index (χ2n) is 7.11. The molecule has 0 atom stereocenters.